The fraction of sp³-hybridized carbons (Fsp3) is 0.455. The molecule has 0 bridgehead atoms. The van der Waals surface area contributed by atoms with E-state index in [-0.39, 0.29) is 5.84 Å². The van der Waals surface area contributed by atoms with Crippen molar-refractivity contribution < 1.29 is 9.47 Å². The summed E-state index contributed by atoms with van der Waals surface area (Å²) in [5.41, 5.74) is 6.63. The van der Waals surface area contributed by atoms with Gasteiger partial charge in [0.15, 0.2) is 6.29 Å². The first-order chi connectivity index (χ1) is 7.69. The van der Waals surface area contributed by atoms with Crippen molar-refractivity contribution in [2.75, 3.05) is 13.2 Å². The molecule has 0 unspecified atom stereocenters. The van der Waals surface area contributed by atoms with Crippen LogP contribution in [0.25, 0.3) is 0 Å². The molecule has 0 aromatic carbocycles. The second kappa shape index (κ2) is 6.19. The Bertz CT molecular complexity index is 349. The van der Waals surface area contributed by atoms with Crippen molar-refractivity contribution >= 4 is 5.84 Å². The summed E-state index contributed by atoms with van der Waals surface area (Å²) in [6.07, 6.45) is 1.17. The van der Waals surface area contributed by atoms with Gasteiger partial charge in [0, 0.05) is 25.0 Å². The molecule has 0 atom stereocenters. The molecule has 0 radical (unpaired) electrons. The van der Waals surface area contributed by atoms with E-state index in [2.05, 4.69) is 4.98 Å². The summed E-state index contributed by atoms with van der Waals surface area (Å²) in [5, 5.41) is 7.31. The van der Waals surface area contributed by atoms with E-state index in [0.29, 0.717) is 18.9 Å². The Hall–Kier alpha value is -1.46. The average Bonchev–Trinajstić information content (AvgIpc) is 2.29. The minimum Gasteiger partial charge on any atom is -0.382 e. The quantitative estimate of drug-likeness (QED) is 0.434. The number of nitrogens with two attached hydrogens (primary N) is 1. The van der Waals surface area contributed by atoms with Crippen molar-refractivity contribution in [1.29, 1.82) is 5.41 Å². The zero-order valence-corrected chi connectivity index (χ0v) is 9.56. The van der Waals surface area contributed by atoms with Crippen LogP contribution in [0.4, 0.5) is 0 Å². The van der Waals surface area contributed by atoms with Gasteiger partial charge in [0.1, 0.15) is 11.5 Å². The van der Waals surface area contributed by atoms with Crippen molar-refractivity contribution in [1.82, 2.24) is 4.98 Å². The molecule has 88 valence electrons. The van der Waals surface area contributed by atoms with Crippen molar-refractivity contribution in [3.63, 3.8) is 0 Å². The second-order valence-corrected chi connectivity index (χ2v) is 3.13. The van der Waals surface area contributed by atoms with E-state index in [0.717, 1.165) is 5.56 Å². The molecule has 3 N–H and O–H groups in total. The summed E-state index contributed by atoms with van der Waals surface area (Å²) in [4.78, 5) is 3.98. The number of nitrogen functional groups attached to an aromatic ring is 1. The topological polar surface area (TPSA) is 81.2 Å². The summed E-state index contributed by atoms with van der Waals surface area (Å²) in [6, 6.07) is 3.50. The Morgan fingerprint density at radius 2 is 2.06 bits per heavy atom. The van der Waals surface area contributed by atoms with Gasteiger partial charge in [-0.3, -0.25) is 10.4 Å². The van der Waals surface area contributed by atoms with E-state index in [4.69, 9.17) is 20.6 Å². The number of nitrogens with zero attached hydrogens (tertiary/aromatic N) is 1. The molecule has 1 heterocycles. The smallest absolute Gasteiger partial charge is 0.183 e. The molecule has 0 spiro atoms. The molecule has 5 nitrogen and oxygen atoms in total. The van der Waals surface area contributed by atoms with Crippen LogP contribution in [0.15, 0.2) is 18.3 Å². The number of rotatable bonds is 6. The van der Waals surface area contributed by atoms with Crippen molar-refractivity contribution in [3.05, 3.63) is 29.6 Å². The van der Waals surface area contributed by atoms with Crippen LogP contribution in [0.2, 0.25) is 0 Å². The van der Waals surface area contributed by atoms with Gasteiger partial charge in [-0.15, -0.1) is 0 Å². The van der Waals surface area contributed by atoms with Crippen LogP contribution >= 0.6 is 0 Å². The molecule has 0 aliphatic rings. The SMILES string of the molecule is CCOC(OCC)c1ccnc(C(=N)N)c1. The van der Waals surface area contributed by atoms with Gasteiger partial charge in [0.05, 0.1) is 0 Å². The highest BCUT2D eigenvalue weighted by Crippen LogP contribution is 2.18. The number of pyridine rings is 1. The molecule has 0 fully saturated rings. The van der Waals surface area contributed by atoms with Crippen LogP contribution in [0.3, 0.4) is 0 Å². The van der Waals surface area contributed by atoms with Gasteiger partial charge in [0.25, 0.3) is 0 Å². The maximum absolute atomic E-state index is 7.31. The van der Waals surface area contributed by atoms with E-state index in [1.165, 1.54) is 0 Å². The summed E-state index contributed by atoms with van der Waals surface area (Å²) >= 11 is 0. The maximum atomic E-state index is 7.31. The first kappa shape index (κ1) is 12.6. The van der Waals surface area contributed by atoms with Crippen LogP contribution in [0.5, 0.6) is 0 Å². The van der Waals surface area contributed by atoms with E-state index < -0.39 is 6.29 Å². The molecule has 0 aliphatic carbocycles. The lowest BCUT2D eigenvalue weighted by atomic mass is 10.2. The highest BCUT2D eigenvalue weighted by atomic mass is 16.7. The molecular formula is C11H17N3O2. The first-order valence-electron chi connectivity index (χ1n) is 5.22. The molecule has 0 amide bonds. The van der Waals surface area contributed by atoms with E-state index in [1.54, 1.807) is 18.3 Å². The van der Waals surface area contributed by atoms with Gasteiger partial charge in [0.2, 0.25) is 0 Å². The number of hydrogen-bond donors (Lipinski definition) is 2. The number of hydrogen-bond acceptors (Lipinski definition) is 4. The molecule has 0 aliphatic heterocycles. The van der Waals surface area contributed by atoms with Gasteiger partial charge in [-0.1, -0.05) is 0 Å². The third-order valence-corrected chi connectivity index (χ3v) is 1.97. The van der Waals surface area contributed by atoms with Crippen LogP contribution in [0, 0.1) is 5.41 Å². The van der Waals surface area contributed by atoms with Gasteiger partial charge < -0.3 is 15.2 Å². The molecule has 5 heteroatoms. The molecule has 1 rings (SSSR count). The van der Waals surface area contributed by atoms with Gasteiger partial charge in [-0.25, -0.2) is 0 Å². The molecule has 0 saturated carbocycles. The van der Waals surface area contributed by atoms with E-state index in [9.17, 15) is 0 Å². The molecule has 0 saturated heterocycles. The number of aromatic nitrogens is 1. The highest BCUT2D eigenvalue weighted by molar-refractivity contribution is 5.93. The summed E-state index contributed by atoms with van der Waals surface area (Å²) in [7, 11) is 0. The normalized spacial score (nSPS) is 10.7. The third-order valence-electron chi connectivity index (χ3n) is 1.97. The molecular weight excluding hydrogens is 206 g/mol. The lowest BCUT2D eigenvalue weighted by Crippen LogP contribution is -2.15. The number of ether oxygens (including phenoxy) is 2. The van der Waals surface area contributed by atoms with E-state index >= 15 is 0 Å². The summed E-state index contributed by atoms with van der Waals surface area (Å²) < 4.78 is 10.9. The fourth-order valence-electron chi connectivity index (χ4n) is 1.28. The summed E-state index contributed by atoms with van der Waals surface area (Å²) in [5.74, 6) is -0.0615. The van der Waals surface area contributed by atoms with Crippen molar-refractivity contribution in [2.24, 2.45) is 5.73 Å². The van der Waals surface area contributed by atoms with E-state index in [1.807, 2.05) is 13.8 Å². The monoisotopic (exact) mass is 223 g/mol. The fourth-order valence-corrected chi connectivity index (χ4v) is 1.28. The van der Waals surface area contributed by atoms with Crippen LogP contribution in [0.1, 0.15) is 31.4 Å². The molecule has 1 aromatic heterocycles. The Morgan fingerprint density at radius 3 is 2.56 bits per heavy atom. The largest absolute Gasteiger partial charge is 0.382 e. The van der Waals surface area contributed by atoms with Crippen molar-refractivity contribution in [3.8, 4) is 0 Å². The zero-order valence-electron chi connectivity index (χ0n) is 9.56. The van der Waals surface area contributed by atoms with Gasteiger partial charge in [-0.2, -0.15) is 0 Å². The third kappa shape index (κ3) is 3.29. The van der Waals surface area contributed by atoms with Gasteiger partial charge >= 0.3 is 0 Å². The van der Waals surface area contributed by atoms with Crippen molar-refractivity contribution in [2.45, 2.75) is 20.1 Å². The standard InChI is InChI=1S/C11H17N3O2/c1-3-15-11(16-4-2)8-5-6-14-9(7-8)10(12)13/h5-7,11H,3-4H2,1-2H3,(H3,12,13). The Kier molecular flexibility index (Phi) is 4.88. The second-order valence-electron chi connectivity index (χ2n) is 3.13. The Morgan fingerprint density at radius 1 is 1.44 bits per heavy atom. The minimum atomic E-state index is -0.420. The lowest BCUT2D eigenvalue weighted by Gasteiger charge is -2.17. The Labute approximate surface area is 95.1 Å². The minimum absolute atomic E-state index is 0.0615. The predicted octanol–water partition coefficient (Wildman–Crippen LogP) is 1.44. The average molecular weight is 223 g/mol. The first-order valence-corrected chi connectivity index (χ1v) is 5.22. The van der Waals surface area contributed by atoms with Crippen LogP contribution < -0.4 is 5.73 Å². The van der Waals surface area contributed by atoms with Crippen LogP contribution in [-0.2, 0) is 9.47 Å². The van der Waals surface area contributed by atoms with Crippen LogP contribution in [-0.4, -0.2) is 24.0 Å². The molecule has 1 aromatic rings. The lowest BCUT2D eigenvalue weighted by molar-refractivity contribution is -0.140. The maximum Gasteiger partial charge on any atom is 0.183 e. The molecule has 16 heavy (non-hydrogen) atoms. The number of nitrogens with one attached hydrogen (secondary N) is 1. The Balaban J connectivity index is 2.90. The summed E-state index contributed by atoms with van der Waals surface area (Å²) in [6.45, 7) is 4.92. The van der Waals surface area contributed by atoms with Gasteiger partial charge in [-0.05, 0) is 26.0 Å². The highest BCUT2D eigenvalue weighted by Gasteiger charge is 2.12. The predicted molar refractivity (Wildman–Crippen MR) is 61.2 cm³/mol. The number of amidine groups is 1. The zero-order chi connectivity index (χ0) is 12.0.